The van der Waals surface area contributed by atoms with Crippen LogP contribution in [0.4, 0.5) is 0 Å². The van der Waals surface area contributed by atoms with Crippen LogP contribution in [0, 0.1) is 20.8 Å². The molecule has 1 aliphatic heterocycles. The lowest BCUT2D eigenvalue weighted by atomic mass is 9.97. The lowest BCUT2D eigenvalue weighted by Gasteiger charge is -2.28. The molecule has 1 aliphatic rings. The number of carbonyl (C=O) groups excluding carboxylic acids is 1. The molecule has 2 N–H and O–H groups in total. The van der Waals surface area contributed by atoms with Crippen molar-refractivity contribution in [1.29, 1.82) is 0 Å². The molecule has 21 heavy (non-hydrogen) atoms. The molecule has 0 atom stereocenters. The second-order valence-electron chi connectivity index (χ2n) is 5.74. The van der Waals surface area contributed by atoms with Crippen LogP contribution < -0.4 is 5.14 Å². The number of hydrogen-bond acceptors (Lipinski definition) is 3. The van der Waals surface area contributed by atoms with E-state index in [9.17, 15) is 13.2 Å². The maximum Gasteiger partial charge on any atom is 0.254 e. The Morgan fingerprint density at radius 1 is 1.10 bits per heavy atom. The summed E-state index contributed by atoms with van der Waals surface area (Å²) in [5, 5.41) is 5.30. The molecule has 1 fully saturated rings. The number of hydrogen-bond donors (Lipinski definition) is 1. The molecule has 1 aromatic rings. The highest BCUT2D eigenvalue weighted by Crippen LogP contribution is 2.27. The number of nitrogens with zero attached hydrogens (tertiary/aromatic N) is 1. The standard InChI is InChI=1S/C15H22N2O3S/c1-10-9-11(2)14(21(16,19)20)12(3)13(10)15(18)17-7-5-4-6-8-17/h9H,4-8H2,1-3H3,(H2,16,19,20). The zero-order valence-corrected chi connectivity index (χ0v) is 13.6. The SMILES string of the molecule is Cc1cc(C)c(S(N)(=O)=O)c(C)c1C(=O)N1CCCCC1. The van der Waals surface area contributed by atoms with Crippen LogP contribution in [0.5, 0.6) is 0 Å². The number of rotatable bonds is 2. The van der Waals surface area contributed by atoms with Gasteiger partial charge in [0.15, 0.2) is 0 Å². The number of aryl methyl sites for hydroxylation is 2. The van der Waals surface area contributed by atoms with E-state index >= 15 is 0 Å². The topological polar surface area (TPSA) is 80.5 Å². The highest BCUT2D eigenvalue weighted by Gasteiger charge is 2.26. The van der Waals surface area contributed by atoms with Crippen molar-refractivity contribution in [3.05, 3.63) is 28.3 Å². The van der Waals surface area contributed by atoms with Crippen LogP contribution >= 0.6 is 0 Å². The molecule has 1 saturated heterocycles. The number of primary sulfonamides is 1. The average Bonchev–Trinajstić information content (AvgIpc) is 2.37. The quantitative estimate of drug-likeness (QED) is 0.905. The van der Waals surface area contributed by atoms with Gasteiger partial charge >= 0.3 is 0 Å². The normalized spacial score (nSPS) is 16.1. The van der Waals surface area contributed by atoms with Gasteiger partial charge in [-0.25, -0.2) is 13.6 Å². The van der Waals surface area contributed by atoms with Gasteiger partial charge in [0.05, 0.1) is 4.90 Å². The fourth-order valence-electron chi connectivity index (χ4n) is 3.19. The minimum atomic E-state index is -3.84. The van der Waals surface area contributed by atoms with Gasteiger partial charge in [0.2, 0.25) is 10.0 Å². The van der Waals surface area contributed by atoms with Crippen LogP contribution in [0.2, 0.25) is 0 Å². The Labute approximate surface area is 126 Å². The third-order valence-electron chi connectivity index (χ3n) is 4.04. The Bertz CT molecular complexity index is 675. The van der Waals surface area contributed by atoms with Crippen LogP contribution in [0.25, 0.3) is 0 Å². The van der Waals surface area contributed by atoms with E-state index in [1.807, 2.05) is 6.92 Å². The lowest BCUT2D eigenvalue weighted by molar-refractivity contribution is 0.0722. The zero-order valence-electron chi connectivity index (χ0n) is 12.8. The van der Waals surface area contributed by atoms with Gasteiger partial charge in [0, 0.05) is 18.7 Å². The molecule has 5 nitrogen and oxygen atoms in total. The van der Waals surface area contributed by atoms with Gasteiger partial charge in [0.1, 0.15) is 0 Å². The van der Waals surface area contributed by atoms with Crippen LogP contribution in [0.1, 0.15) is 46.3 Å². The summed E-state index contributed by atoms with van der Waals surface area (Å²) in [4.78, 5) is 14.6. The molecule has 0 bridgehead atoms. The minimum Gasteiger partial charge on any atom is -0.339 e. The number of carbonyl (C=O) groups is 1. The first kappa shape index (κ1) is 16.0. The van der Waals surface area contributed by atoms with E-state index in [0.717, 1.165) is 37.9 Å². The molecule has 0 radical (unpaired) electrons. The average molecular weight is 310 g/mol. The first-order valence-electron chi connectivity index (χ1n) is 7.16. The number of piperidine rings is 1. The van der Waals surface area contributed by atoms with E-state index in [1.54, 1.807) is 24.8 Å². The number of benzene rings is 1. The number of likely N-dealkylation sites (tertiary alicyclic amines) is 1. The van der Waals surface area contributed by atoms with Gasteiger partial charge in [-0.2, -0.15) is 0 Å². The maximum absolute atomic E-state index is 12.7. The summed E-state index contributed by atoms with van der Waals surface area (Å²) in [6.07, 6.45) is 3.13. The Morgan fingerprint density at radius 2 is 1.67 bits per heavy atom. The molecule has 0 unspecified atom stereocenters. The monoisotopic (exact) mass is 310 g/mol. The maximum atomic E-state index is 12.7. The Balaban J connectivity index is 2.56. The summed E-state index contributed by atoms with van der Waals surface area (Å²) in [6, 6.07) is 1.73. The second kappa shape index (κ2) is 5.77. The molecule has 0 spiro atoms. The molecule has 116 valence electrons. The van der Waals surface area contributed by atoms with Gasteiger partial charge in [-0.05, 0) is 56.7 Å². The van der Waals surface area contributed by atoms with E-state index in [0.29, 0.717) is 16.7 Å². The molecular formula is C15H22N2O3S. The lowest BCUT2D eigenvalue weighted by Crippen LogP contribution is -2.36. The summed E-state index contributed by atoms with van der Waals surface area (Å²) >= 11 is 0. The van der Waals surface area contributed by atoms with Gasteiger partial charge in [-0.3, -0.25) is 4.79 Å². The fraction of sp³-hybridized carbons (Fsp3) is 0.533. The Hall–Kier alpha value is -1.40. The molecule has 6 heteroatoms. The smallest absolute Gasteiger partial charge is 0.254 e. The van der Waals surface area contributed by atoms with Crippen molar-refractivity contribution >= 4 is 15.9 Å². The minimum absolute atomic E-state index is 0.0773. The van der Waals surface area contributed by atoms with E-state index < -0.39 is 10.0 Å². The highest BCUT2D eigenvalue weighted by atomic mass is 32.2. The van der Waals surface area contributed by atoms with Crippen molar-refractivity contribution in [2.24, 2.45) is 5.14 Å². The number of nitrogens with two attached hydrogens (primary N) is 1. The largest absolute Gasteiger partial charge is 0.339 e. The molecule has 1 heterocycles. The van der Waals surface area contributed by atoms with E-state index in [1.165, 1.54) is 0 Å². The van der Waals surface area contributed by atoms with Crippen molar-refractivity contribution in [1.82, 2.24) is 4.90 Å². The summed E-state index contributed by atoms with van der Waals surface area (Å²) in [6.45, 7) is 6.67. The Kier molecular flexibility index (Phi) is 4.39. The number of amides is 1. The van der Waals surface area contributed by atoms with E-state index in [-0.39, 0.29) is 10.8 Å². The van der Waals surface area contributed by atoms with Crippen LogP contribution in [-0.2, 0) is 10.0 Å². The predicted molar refractivity (Wildman–Crippen MR) is 81.8 cm³/mol. The molecule has 1 aromatic carbocycles. The summed E-state index contributed by atoms with van der Waals surface area (Å²) in [5.41, 5.74) is 2.33. The van der Waals surface area contributed by atoms with E-state index in [2.05, 4.69) is 0 Å². The molecule has 0 aromatic heterocycles. The van der Waals surface area contributed by atoms with Crippen molar-refractivity contribution in [3.8, 4) is 0 Å². The van der Waals surface area contributed by atoms with Crippen LogP contribution in [0.3, 0.4) is 0 Å². The van der Waals surface area contributed by atoms with Gasteiger partial charge in [-0.1, -0.05) is 6.07 Å². The highest BCUT2D eigenvalue weighted by molar-refractivity contribution is 7.89. The second-order valence-corrected chi connectivity index (χ2v) is 7.24. The molecule has 2 rings (SSSR count). The fourth-order valence-corrected chi connectivity index (χ4v) is 4.23. The van der Waals surface area contributed by atoms with E-state index in [4.69, 9.17) is 5.14 Å². The summed E-state index contributed by atoms with van der Waals surface area (Å²) in [7, 11) is -3.84. The third kappa shape index (κ3) is 3.11. The van der Waals surface area contributed by atoms with Gasteiger partial charge in [0.25, 0.3) is 5.91 Å². The summed E-state index contributed by atoms with van der Waals surface area (Å²) in [5.74, 6) is -0.0883. The molecule has 0 saturated carbocycles. The summed E-state index contributed by atoms with van der Waals surface area (Å²) < 4.78 is 23.6. The predicted octanol–water partition coefficient (Wildman–Crippen LogP) is 1.89. The van der Waals surface area contributed by atoms with Crippen molar-refractivity contribution < 1.29 is 13.2 Å². The van der Waals surface area contributed by atoms with Crippen LogP contribution in [0.15, 0.2) is 11.0 Å². The van der Waals surface area contributed by atoms with Gasteiger partial charge in [-0.15, -0.1) is 0 Å². The van der Waals surface area contributed by atoms with Crippen LogP contribution in [-0.4, -0.2) is 32.3 Å². The third-order valence-corrected chi connectivity index (χ3v) is 5.24. The first-order valence-corrected chi connectivity index (χ1v) is 8.71. The zero-order chi connectivity index (χ0) is 15.8. The molecule has 1 amide bonds. The molecule has 0 aliphatic carbocycles. The van der Waals surface area contributed by atoms with Gasteiger partial charge < -0.3 is 4.90 Å². The van der Waals surface area contributed by atoms with Crippen molar-refractivity contribution in [2.45, 2.75) is 44.9 Å². The number of sulfonamides is 1. The first-order chi connectivity index (χ1) is 9.73. The van der Waals surface area contributed by atoms with Crippen molar-refractivity contribution in [3.63, 3.8) is 0 Å². The molecular weight excluding hydrogens is 288 g/mol. The Morgan fingerprint density at radius 3 is 2.19 bits per heavy atom. The van der Waals surface area contributed by atoms with Crippen molar-refractivity contribution in [2.75, 3.05) is 13.1 Å².